The van der Waals surface area contributed by atoms with Crippen molar-refractivity contribution in [1.29, 1.82) is 0 Å². The zero-order valence-corrected chi connectivity index (χ0v) is 11.9. The summed E-state index contributed by atoms with van der Waals surface area (Å²) < 4.78 is 0. The number of nitrogens with zero attached hydrogens (tertiary/aromatic N) is 3. The summed E-state index contributed by atoms with van der Waals surface area (Å²) >= 11 is 0. The minimum absolute atomic E-state index is 0.0801. The van der Waals surface area contributed by atoms with Crippen molar-refractivity contribution < 1.29 is 9.85 Å². The summed E-state index contributed by atoms with van der Waals surface area (Å²) in [5, 5.41) is 25.6. The highest BCUT2D eigenvalue weighted by molar-refractivity contribution is 5.98. The Bertz CT molecular complexity index is 920. The lowest BCUT2D eigenvalue weighted by molar-refractivity contribution is -0.391. The number of para-hydroxylation sites is 1. The Balaban J connectivity index is 2.31. The Labute approximate surface area is 129 Å². The van der Waals surface area contributed by atoms with Gasteiger partial charge in [0, 0.05) is 11.8 Å². The number of aromatic nitrogens is 2. The van der Waals surface area contributed by atoms with Crippen LogP contribution in [0, 0.1) is 27.2 Å². The standard InChI is InChI=1S/C14H11N5O4/c1-8-15-10-7-11(18(20)21)13(14(19(22)23)12(10)16-8)17-9-5-3-2-4-6-9/h2-7,17H,1H3,(H,15,16). The van der Waals surface area contributed by atoms with Crippen LogP contribution in [0.4, 0.5) is 22.7 Å². The Morgan fingerprint density at radius 1 is 1.13 bits per heavy atom. The van der Waals surface area contributed by atoms with Gasteiger partial charge in [-0.2, -0.15) is 0 Å². The van der Waals surface area contributed by atoms with Crippen LogP contribution < -0.4 is 5.32 Å². The molecule has 3 rings (SSSR count). The van der Waals surface area contributed by atoms with Crippen molar-refractivity contribution in [2.75, 3.05) is 5.32 Å². The van der Waals surface area contributed by atoms with E-state index in [1.54, 1.807) is 37.3 Å². The van der Waals surface area contributed by atoms with E-state index in [4.69, 9.17) is 0 Å². The number of hydrogen-bond acceptors (Lipinski definition) is 6. The zero-order chi connectivity index (χ0) is 16.6. The monoisotopic (exact) mass is 313 g/mol. The second kappa shape index (κ2) is 5.37. The number of fused-ring (bicyclic) bond motifs is 1. The van der Waals surface area contributed by atoms with Crippen molar-refractivity contribution in [3.05, 3.63) is 62.5 Å². The summed E-state index contributed by atoms with van der Waals surface area (Å²) in [6.45, 7) is 1.62. The van der Waals surface area contributed by atoms with Crippen molar-refractivity contribution in [3.63, 3.8) is 0 Å². The number of anilines is 2. The first-order valence-corrected chi connectivity index (χ1v) is 6.61. The minimum atomic E-state index is -0.666. The Morgan fingerprint density at radius 3 is 2.43 bits per heavy atom. The van der Waals surface area contributed by atoms with Crippen LogP contribution in [0.15, 0.2) is 36.4 Å². The molecule has 0 saturated heterocycles. The molecule has 0 amide bonds. The molecule has 0 aliphatic rings. The molecular formula is C14H11N5O4. The number of aryl methyl sites for hydroxylation is 1. The number of nitro benzene ring substituents is 2. The lowest BCUT2D eigenvalue weighted by atomic mass is 10.2. The lowest BCUT2D eigenvalue weighted by Gasteiger charge is -2.08. The van der Waals surface area contributed by atoms with Gasteiger partial charge in [0.05, 0.1) is 15.4 Å². The van der Waals surface area contributed by atoms with Gasteiger partial charge < -0.3 is 10.3 Å². The first kappa shape index (κ1) is 14.4. The molecule has 0 aliphatic carbocycles. The van der Waals surface area contributed by atoms with Gasteiger partial charge in [0.15, 0.2) is 11.2 Å². The number of nitro groups is 2. The molecule has 0 spiro atoms. The van der Waals surface area contributed by atoms with E-state index in [2.05, 4.69) is 15.3 Å². The highest BCUT2D eigenvalue weighted by Gasteiger charge is 2.31. The van der Waals surface area contributed by atoms with Crippen LogP contribution in [-0.4, -0.2) is 19.8 Å². The van der Waals surface area contributed by atoms with E-state index in [-0.39, 0.29) is 16.7 Å². The van der Waals surface area contributed by atoms with Crippen molar-refractivity contribution in [2.24, 2.45) is 0 Å². The number of H-pyrrole nitrogens is 1. The molecule has 23 heavy (non-hydrogen) atoms. The largest absolute Gasteiger partial charge is 0.344 e. The van der Waals surface area contributed by atoms with Crippen LogP contribution in [0.5, 0.6) is 0 Å². The number of aromatic amines is 1. The number of nitrogens with one attached hydrogen (secondary N) is 2. The van der Waals surface area contributed by atoms with Crippen LogP contribution in [-0.2, 0) is 0 Å². The normalized spacial score (nSPS) is 10.7. The van der Waals surface area contributed by atoms with Gasteiger partial charge in [-0.3, -0.25) is 20.2 Å². The quantitative estimate of drug-likeness (QED) is 0.561. The van der Waals surface area contributed by atoms with Crippen LogP contribution in [0.3, 0.4) is 0 Å². The average Bonchev–Trinajstić information content (AvgIpc) is 2.86. The SMILES string of the molecule is Cc1nc2c([N+](=O)[O-])c(Nc3ccccc3)c([N+](=O)[O-])cc2[nH]1. The average molecular weight is 313 g/mol. The molecular weight excluding hydrogens is 302 g/mol. The van der Waals surface area contributed by atoms with E-state index in [1.807, 2.05) is 0 Å². The number of benzene rings is 2. The van der Waals surface area contributed by atoms with Crippen LogP contribution in [0.2, 0.25) is 0 Å². The Kier molecular flexibility index (Phi) is 3.37. The first-order chi connectivity index (χ1) is 11.0. The van der Waals surface area contributed by atoms with Crippen molar-refractivity contribution in [2.45, 2.75) is 6.92 Å². The van der Waals surface area contributed by atoms with E-state index in [1.165, 1.54) is 6.07 Å². The van der Waals surface area contributed by atoms with Gasteiger partial charge in [-0.1, -0.05) is 18.2 Å². The molecule has 9 nitrogen and oxygen atoms in total. The predicted molar refractivity (Wildman–Crippen MR) is 83.9 cm³/mol. The fraction of sp³-hybridized carbons (Fsp3) is 0.0714. The fourth-order valence-electron chi connectivity index (χ4n) is 2.35. The molecule has 0 saturated carbocycles. The molecule has 0 aliphatic heterocycles. The molecule has 0 atom stereocenters. The van der Waals surface area contributed by atoms with Gasteiger partial charge >= 0.3 is 11.4 Å². The Hall–Kier alpha value is -3.49. The second-order valence-corrected chi connectivity index (χ2v) is 4.84. The van der Waals surface area contributed by atoms with E-state index >= 15 is 0 Å². The molecule has 2 aromatic carbocycles. The molecule has 9 heteroatoms. The van der Waals surface area contributed by atoms with Gasteiger partial charge in [0.1, 0.15) is 5.82 Å². The van der Waals surface area contributed by atoms with Crippen molar-refractivity contribution >= 4 is 33.8 Å². The molecule has 116 valence electrons. The summed E-state index contributed by atoms with van der Waals surface area (Å²) in [4.78, 5) is 28.4. The molecule has 0 radical (unpaired) electrons. The highest BCUT2D eigenvalue weighted by Crippen LogP contribution is 2.41. The summed E-state index contributed by atoms with van der Waals surface area (Å²) in [5.41, 5.74) is -0.175. The lowest BCUT2D eigenvalue weighted by Crippen LogP contribution is -2.02. The first-order valence-electron chi connectivity index (χ1n) is 6.61. The number of imidazole rings is 1. The molecule has 0 unspecified atom stereocenters. The van der Waals surface area contributed by atoms with Gasteiger partial charge in [0.2, 0.25) is 0 Å². The summed E-state index contributed by atoms with van der Waals surface area (Å²) in [5.74, 6) is 0.439. The Morgan fingerprint density at radius 2 is 1.83 bits per heavy atom. The maximum atomic E-state index is 11.5. The minimum Gasteiger partial charge on any atom is -0.344 e. The topological polar surface area (TPSA) is 127 Å². The fourth-order valence-corrected chi connectivity index (χ4v) is 2.35. The van der Waals surface area contributed by atoms with E-state index in [9.17, 15) is 20.2 Å². The number of rotatable bonds is 4. The van der Waals surface area contributed by atoms with Gasteiger partial charge in [0.25, 0.3) is 0 Å². The van der Waals surface area contributed by atoms with Crippen molar-refractivity contribution in [1.82, 2.24) is 9.97 Å². The van der Waals surface area contributed by atoms with E-state index in [0.29, 0.717) is 11.5 Å². The van der Waals surface area contributed by atoms with E-state index in [0.717, 1.165) is 0 Å². The maximum Gasteiger partial charge on any atom is 0.327 e. The molecule has 2 N–H and O–H groups in total. The molecule has 1 aromatic heterocycles. The third-order valence-electron chi connectivity index (χ3n) is 3.27. The van der Waals surface area contributed by atoms with E-state index < -0.39 is 21.2 Å². The second-order valence-electron chi connectivity index (χ2n) is 4.84. The summed E-state index contributed by atoms with van der Waals surface area (Å²) in [6, 6.07) is 9.78. The third-order valence-corrected chi connectivity index (χ3v) is 3.27. The molecule has 0 bridgehead atoms. The number of hydrogen-bond donors (Lipinski definition) is 2. The maximum absolute atomic E-state index is 11.5. The van der Waals surface area contributed by atoms with Crippen LogP contribution in [0.25, 0.3) is 11.0 Å². The highest BCUT2D eigenvalue weighted by atomic mass is 16.6. The molecule has 1 heterocycles. The van der Waals surface area contributed by atoms with Crippen LogP contribution in [0.1, 0.15) is 5.82 Å². The summed E-state index contributed by atoms with van der Waals surface area (Å²) in [6.07, 6.45) is 0. The summed E-state index contributed by atoms with van der Waals surface area (Å²) in [7, 11) is 0. The third kappa shape index (κ3) is 2.55. The van der Waals surface area contributed by atoms with Gasteiger partial charge in [-0.05, 0) is 19.1 Å². The van der Waals surface area contributed by atoms with Gasteiger partial charge in [-0.15, -0.1) is 0 Å². The van der Waals surface area contributed by atoms with Crippen LogP contribution >= 0.6 is 0 Å². The van der Waals surface area contributed by atoms with Crippen molar-refractivity contribution in [3.8, 4) is 0 Å². The molecule has 3 aromatic rings. The molecule has 0 fully saturated rings. The zero-order valence-electron chi connectivity index (χ0n) is 11.9. The predicted octanol–water partition coefficient (Wildman–Crippen LogP) is 3.43. The smallest absolute Gasteiger partial charge is 0.327 e. The van der Waals surface area contributed by atoms with Gasteiger partial charge in [-0.25, -0.2) is 4.98 Å².